The Labute approximate surface area is 183 Å². The Kier molecular flexibility index (Phi) is 4.78. The van der Waals surface area contributed by atoms with Crippen molar-refractivity contribution in [3.63, 3.8) is 0 Å². The van der Waals surface area contributed by atoms with Gasteiger partial charge in [0.05, 0.1) is 6.04 Å². The molecular formula is C27H27N3O. The summed E-state index contributed by atoms with van der Waals surface area (Å²) in [6, 6.07) is 24.7. The maximum Gasteiger partial charge on any atom is 0.254 e. The van der Waals surface area contributed by atoms with Crippen LogP contribution in [0.1, 0.15) is 38.8 Å². The number of para-hydroxylation sites is 1. The van der Waals surface area contributed by atoms with Crippen molar-refractivity contribution < 1.29 is 4.79 Å². The van der Waals surface area contributed by atoms with Crippen LogP contribution in [-0.4, -0.2) is 36.4 Å². The van der Waals surface area contributed by atoms with E-state index in [-0.39, 0.29) is 11.9 Å². The van der Waals surface area contributed by atoms with Crippen LogP contribution in [0.15, 0.2) is 72.8 Å². The Morgan fingerprint density at radius 2 is 1.68 bits per heavy atom. The molecular weight excluding hydrogens is 382 g/mol. The van der Waals surface area contributed by atoms with E-state index in [0.717, 1.165) is 34.4 Å². The quantitative estimate of drug-likeness (QED) is 0.497. The molecule has 1 atom stereocenters. The van der Waals surface area contributed by atoms with Crippen LogP contribution in [0.3, 0.4) is 0 Å². The van der Waals surface area contributed by atoms with Crippen molar-refractivity contribution in [2.45, 2.75) is 19.4 Å². The molecule has 4 heteroatoms. The number of amides is 1. The third-order valence-electron chi connectivity index (χ3n) is 6.32. The maximum atomic E-state index is 13.7. The highest BCUT2D eigenvalue weighted by Gasteiger charge is 2.34. The number of carbonyl (C=O) groups excluding carboxylic acids is 1. The smallest absolute Gasteiger partial charge is 0.254 e. The minimum Gasteiger partial charge on any atom is -0.378 e. The van der Waals surface area contributed by atoms with Crippen molar-refractivity contribution in [2.75, 3.05) is 25.5 Å². The molecule has 0 aliphatic carbocycles. The van der Waals surface area contributed by atoms with Gasteiger partial charge in [0.2, 0.25) is 0 Å². The predicted octanol–water partition coefficient (Wildman–Crippen LogP) is 5.33. The summed E-state index contributed by atoms with van der Waals surface area (Å²) >= 11 is 0. The molecule has 0 fully saturated rings. The molecule has 0 unspecified atom stereocenters. The Balaban J connectivity index is 1.60. The second-order valence-electron chi connectivity index (χ2n) is 8.57. The van der Waals surface area contributed by atoms with Crippen LogP contribution in [0, 0.1) is 6.92 Å². The lowest BCUT2D eigenvalue weighted by atomic mass is 9.91. The van der Waals surface area contributed by atoms with Crippen LogP contribution in [0.4, 0.5) is 5.69 Å². The average molecular weight is 410 g/mol. The molecule has 0 saturated heterocycles. The Morgan fingerprint density at radius 1 is 0.968 bits per heavy atom. The van der Waals surface area contributed by atoms with Crippen LogP contribution < -0.4 is 4.90 Å². The lowest BCUT2D eigenvalue weighted by molar-refractivity contribution is 0.0692. The number of rotatable bonds is 3. The number of hydrogen-bond donors (Lipinski definition) is 1. The van der Waals surface area contributed by atoms with Gasteiger partial charge in [-0.15, -0.1) is 0 Å². The van der Waals surface area contributed by atoms with Crippen molar-refractivity contribution in [1.29, 1.82) is 0 Å². The van der Waals surface area contributed by atoms with Crippen molar-refractivity contribution in [3.05, 3.63) is 101 Å². The molecule has 4 aromatic rings. The second-order valence-corrected chi connectivity index (χ2v) is 8.57. The van der Waals surface area contributed by atoms with Crippen molar-refractivity contribution in [1.82, 2.24) is 9.88 Å². The van der Waals surface area contributed by atoms with Crippen molar-refractivity contribution in [3.8, 4) is 0 Å². The molecule has 1 aromatic heterocycles. The summed E-state index contributed by atoms with van der Waals surface area (Å²) < 4.78 is 0. The van der Waals surface area contributed by atoms with Crippen molar-refractivity contribution in [2.24, 2.45) is 0 Å². The highest BCUT2D eigenvalue weighted by Crippen LogP contribution is 2.39. The second kappa shape index (κ2) is 7.62. The van der Waals surface area contributed by atoms with Crippen LogP contribution in [0.5, 0.6) is 0 Å². The maximum absolute atomic E-state index is 13.7. The number of carbonyl (C=O) groups is 1. The summed E-state index contributed by atoms with van der Waals surface area (Å²) in [5, 5.41) is 1.26. The van der Waals surface area contributed by atoms with Gasteiger partial charge in [0.25, 0.3) is 5.91 Å². The van der Waals surface area contributed by atoms with Gasteiger partial charge in [0.15, 0.2) is 0 Å². The zero-order chi connectivity index (χ0) is 21.5. The third-order valence-corrected chi connectivity index (χ3v) is 6.32. The SMILES string of the molecule is Cc1ccc([C@@H]2c3[nH]c4ccccc4c3CCN2C(=O)c2ccc(N(C)C)cc2)cc1. The van der Waals surface area contributed by atoms with Gasteiger partial charge in [-0.25, -0.2) is 0 Å². The first-order valence-corrected chi connectivity index (χ1v) is 10.8. The molecule has 0 spiro atoms. The standard InChI is InChI=1S/C27H27N3O/c1-18-8-10-19(11-9-18)26-25-23(22-6-4-5-7-24(22)28-25)16-17-30(26)27(31)20-12-14-21(15-13-20)29(2)3/h4-15,26,28H,16-17H2,1-3H3/t26-/m1/s1. The van der Waals surface area contributed by atoms with Crippen LogP contribution in [0.25, 0.3) is 10.9 Å². The van der Waals surface area contributed by atoms with Crippen LogP contribution in [0.2, 0.25) is 0 Å². The van der Waals surface area contributed by atoms with E-state index in [0.29, 0.717) is 6.54 Å². The normalized spacial score (nSPS) is 15.7. The lowest BCUT2D eigenvalue weighted by Gasteiger charge is -2.36. The topological polar surface area (TPSA) is 39.3 Å². The van der Waals surface area contributed by atoms with E-state index in [1.54, 1.807) is 0 Å². The number of nitrogens with one attached hydrogen (secondary N) is 1. The van der Waals surface area contributed by atoms with Gasteiger partial charge >= 0.3 is 0 Å². The molecule has 1 aliphatic rings. The van der Waals surface area contributed by atoms with E-state index in [4.69, 9.17) is 0 Å². The summed E-state index contributed by atoms with van der Waals surface area (Å²) in [5.41, 5.74) is 7.76. The summed E-state index contributed by atoms with van der Waals surface area (Å²) in [5.74, 6) is 0.0696. The fraction of sp³-hybridized carbons (Fsp3) is 0.222. The summed E-state index contributed by atoms with van der Waals surface area (Å²) in [6.45, 7) is 2.79. The lowest BCUT2D eigenvalue weighted by Crippen LogP contribution is -2.40. The third kappa shape index (κ3) is 3.38. The molecule has 0 radical (unpaired) electrons. The molecule has 3 aromatic carbocycles. The van der Waals surface area contributed by atoms with E-state index < -0.39 is 0 Å². The van der Waals surface area contributed by atoms with Gasteiger partial charge in [0, 0.05) is 48.5 Å². The van der Waals surface area contributed by atoms with E-state index in [9.17, 15) is 4.79 Å². The van der Waals surface area contributed by atoms with E-state index in [1.165, 1.54) is 16.5 Å². The number of H-pyrrole nitrogens is 1. The zero-order valence-electron chi connectivity index (χ0n) is 18.2. The fourth-order valence-electron chi connectivity index (χ4n) is 4.62. The molecule has 0 saturated carbocycles. The molecule has 5 rings (SSSR count). The Morgan fingerprint density at radius 3 is 2.39 bits per heavy atom. The average Bonchev–Trinajstić information content (AvgIpc) is 3.17. The molecule has 1 amide bonds. The first-order chi connectivity index (χ1) is 15.0. The Bertz CT molecular complexity index is 1240. The molecule has 1 aliphatic heterocycles. The van der Waals surface area contributed by atoms with Gasteiger partial charge in [-0.1, -0.05) is 48.0 Å². The predicted molar refractivity (Wildman–Crippen MR) is 127 cm³/mol. The van der Waals surface area contributed by atoms with E-state index in [1.807, 2.05) is 48.2 Å². The van der Waals surface area contributed by atoms with Crippen molar-refractivity contribution >= 4 is 22.5 Å². The van der Waals surface area contributed by atoms with Gasteiger partial charge in [-0.3, -0.25) is 4.79 Å². The number of nitrogens with zero attached hydrogens (tertiary/aromatic N) is 2. The van der Waals surface area contributed by atoms with E-state index >= 15 is 0 Å². The first-order valence-electron chi connectivity index (χ1n) is 10.8. The molecule has 31 heavy (non-hydrogen) atoms. The van der Waals surface area contributed by atoms with Gasteiger partial charge in [0.1, 0.15) is 0 Å². The summed E-state index contributed by atoms with van der Waals surface area (Å²) in [4.78, 5) is 21.4. The highest BCUT2D eigenvalue weighted by molar-refractivity contribution is 5.96. The molecule has 4 nitrogen and oxygen atoms in total. The molecule has 1 N–H and O–H groups in total. The monoisotopic (exact) mass is 409 g/mol. The zero-order valence-corrected chi connectivity index (χ0v) is 18.2. The Hall–Kier alpha value is -3.53. The van der Waals surface area contributed by atoms with Gasteiger partial charge in [-0.05, 0) is 54.8 Å². The van der Waals surface area contributed by atoms with Crippen LogP contribution >= 0.6 is 0 Å². The molecule has 156 valence electrons. The van der Waals surface area contributed by atoms with Crippen LogP contribution in [-0.2, 0) is 6.42 Å². The number of aryl methyl sites for hydroxylation is 1. The van der Waals surface area contributed by atoms with E-state index in [2.05, 4.69) is 60.4 Å². The van der Waals surface area contributed by atoms with Gasteiger partial charge < -0.3 is 14.8 Å². The number of aromatic nitrogens is 1. The number of aromatic amines is 1. The molecule has 2 heterocycles. The largest absolute Gasteiger partial charge is 0.378 e. The fourth-order valence-corrected chi connectivity index (χ4v) is 4.62. The minimum absolute atomic E-state index is 0.0696. The minimum atomic E-state index is -0.127. The number of fused-ring (bicyclic) bond motifs is 3. The number of benzene rings is 3. The summed E-state index contributed by atoms with van der Waals surface area (Å²) in [6.07, 6.45) is 0.850. The summed E-state index contributed by atoms with van der Waals surface area (Å²) in [7, 11) is 4.01. The number of hydrogen-bond acceptors (Lipinski definition) is 2. The highest BCUT2D eigenvalue weighted by atomic mass is 16.2. The van der Waals surface area contributed by atoms with Gasteiger partial charge in [-0.2, -0.15) is 0 Å². The first kappa shape index (κ1) is 19.4. The molecule has 0 bridgehead atoms. The number of anilines is 1.